The predicted molar refractivity (Wildman–Crippen MR) is 130 cm³/mol. The number of rotatable bonds is 2. The SMILES string of the molecule is c1ccc(-c2cccc3ccc4c(ccc5cccc(-c6ccccc6)c54)c23)cc1. The van der Waals surface area contributed by atoms with Gasteiger partial charge in [0, 0.05) is 0 Å². The Morgan fingerprint density at radius 1 is 0.300 bits per heavy atom. The summed E-state index contributed by atoms with van der Waals surface area (Å²) >= 11 is 0. The van der Waals surface area contributed by atoms with Crippen LogP contribution in [0.1, 0.15) is 0 Å². The van der Waals surface area contributed by atoms with Gasteiger partial charge in [-0.1, -0.05) is 121 Å². The van der Waals surface area contributed by atoms with Crippen LogP contribution in [0.25, 0.3) is 54.6 Å². The minimum atomic E-state index is 1.26. The zero-order valence-corrected chi connectivity index (χ0v) is 16.5. The number of benzene rings is 6. The van der Waals surface area contributed by atoms with Gasteiger partial charge in [0.15, 0.2) is 0 Å². The topological polar surface area (TPSA) is 0 Å². The summed E-state index contributed by atoms with van der Waals surface area (Å²) in [5.41, 5.74) is 5.09. The first-order chi connectivity index (χ1) is 14.9. The first kappa shape index (κ1) is 17.0. The highest BCUT2D eigenvalue weighted by atomic mass is 14.2. The number of hydrogen-bond acceptors (Lipinski definition) is 0. The van der Waals surface area contributed by atoms with E-state index < -0.39 is 0 Å². The molecule has 0 radical (unpaired) electrons. The largest absolute Gasteiger partial charge is 0.0622 e. The Balaban J connectivity index is 1.78. The average molecular weight is 380 g/mol. The van der Waals surface area contributed by atoms with Crippen LogP contribution in [-0.2, 0) is 0 Å². The molecule has 0 saturated heterocycles. The minimum absolute atomic E-state index is 1.26. The summed E-state index contributed by atoms with van der Waals surface area (Å²) in [6, 6.07) is 43.8. The van der Waals surface area contributed by atoms with Gasteiger partial charge < -0.3 is 0 Å². The van der Waals surface area contributed by atoms with Crippen LogP contribution in [0.3, 0.4) is 0 Å². The molecule has 0 aromatic heterocycles. The van der Waals surface area contributed by atoms with Crippen molar-refractivity contribution in [2.75, 3.05) is 0 Å². The molecule has 0 fully saturated rings. The van der Waals surface area contributed by atoms with Crippen LogP contribution in [0.15, 0.2) is 121 Å². The molecular formula is C30H20. The van der Waals surface area contributed by atoms with Gasteiger partial charge in [0.25, 0.3) is 0 Å². The van der Waals surface area contributed by atoms with Crippen LogP contribution in [-0.4, -0.2) is 0 Å². The van der Waals surface area contributed by atoms with E-state index in [4.69, 9.17) is 0 Å². The van der Waals surface area contributed by atoms with Crippen LogP contribution in [0.4, 0.5) is 0 Å². The van der Waals surface area contributed by atoms with Crippen molar-refractivity contribution in [3.8, 4) is 22.3 Å². The summed E-state index contributed by atoms with van der Waals surface area (Å²) in [6.45, 7) is 0. The van der Waals surface area contributed by atoms with Crippen LogP contribution >= 0.6 is 0 Å². The summed E-state index contributed by atoms with van der Waals surface area (Å²) < 4.78 is 0. The van der Waals surface area contributed by atoms with Gasteiger partial charge in [-0.15, -0.1) is 0 Å². The average Bonchev–Trinajstić information content (AvgIpc) is 2.84. The molecule has 0 spiro atoms. The molecule has 0 heterocycles. The predicted octanol–water partition coefficient (Wildman–Crippen LogP) is 8.48. The lowest BCUT2D eigenvalue weighted by Crippen LogP contribution is -1.87. The zero-order valence-electron chi connectivity index (χ0n) is 16.5. The second-order valence-electron chi connectivity index (χ2n) is 7.77. The molecular weight excluding hydrogens is 360 g/mol. The molecule has 0 heteroatoms. The molecule has 6 aromatic rings. The molecule has 0 aliphatic heterocycles. The van der Waals surface area contributed by atoms with Crippen molar-refractivity contribution < 1.29 is 0 Å². The van der Waals surface area contributed by atoms with Crippen molar-refractivity contribution in [3.63, 3.8) is 0 Å². The molecule has 0 nitrogen and oxygen atoms in total. The molecule has 0 aliphatic rings. The lowest BCUT2D eigenvalue weighted by molar-refractivity contribution is 1.65. The van der Waals surface area contributed by atoms with Crippen molar-refractivity contribution in [2.45, 2.75) is 0 Å². The van der Waals surface area contributed by atoms with E-state index in [1.807, 2.05) is 0 Å². The van der Waals surface area contributed by atoms with Crippen LogP contribution in [0.5, 0.6) is 0 Å². The zero-order chi connectivity index (χ0) is 19.9. The second kappa shape index (κ2) is 6.86. The molecule has 0 amide bonds. The minimum Gasteiger partial charge on any atom is -0.0622 e. The van der Waals surface area contributed by atoms with E-state index in [2.05, 4.69) is 121 Å². The third kappa shape index (κ3) is 2.62. The maximum atomic E-state index is 2.29. The normalized spacial score (nSPS) is 11.3. The summed E-state index contributed by atoms with van der Waals surface area (Å²) in [5.74, 6) is 0. The summed E-state index contributed by atoms with van der Waals surface area (Å²) in [4.78, 5) is 0. The first-order valence-electron chi connectivity index (χ1n) is 10.4. The molecule has 6 aromatic carbocycles. The van der Waals surface area contributed by atoms with E-state index >= 15 is 0 Å². The number of fused-ring (bicyclic) bond motifs is 5. The Kier molecular flexibility index (Phi) is 3.89. The van der Waals surface area contributed by atoms with E-state index in [1.54, 1.807) is 0 Å². The first-order valence-corrected chi connectivity index (χ1v) is 10.4. The van der Waals surface area contributed by atoms with Crippen LogP contribution < -0.4 is 0 Å². The molecule has 0 N–H and O–H groups in total. The Morgan fingerprint density at radius 2 is 0.733 bits per heavy atom. The van der Waals surface area contributed by atoms with E-state index in [0.717, 1.165) is 0 Å². The highest BCUT2D eigenvalue weighted by molar-refractivity contribution is 6.23. The van der Waals surface area contributed by atoms with Crippen LogP contribution in [0.2, 0.25) is 0 Å². The third-order valence-corrected chi connectivity index (χ3v) is 6.05. The summed E-state index contributed by atoms with van der Waals surface area (Å²) in [5, 5.41) is 7.82. The fraction of sp³-hybridized carbons (Fsp3) is 0. The maximum Gasteiger partial charge on any atom is -0.00266 e. The van der Waals surface area contributed by atoms with E-state index in [9.17, 15) is 0 Å². The van der Waals surface area contributed by atoms with Gasteiger partial charge in [-0.05, 0) is 54.6 Å². The molecule has 6 rings (SSSR count). The van der Waals surface area contributed by atoms with Crippen molar-refractivity contribution in [2.24, 2.45) is 0 Å². The fourth-order valence-corrected chi connectivity index (χ4v) is 4.70. The third-order valence-electron chi connectivity index (χ3n) is 6.05. The molecule has 140 valence electrons. The standard InChI is InChI=1S/C30H20/c1-3-9-21(10-4-1)25-15-7-13-23-17-20-28-27(29(23)25)19-18-24-14-8-16-26(30(24)28)22-11-5-2-6-12-22/h1-20H. The van der Waals surface area contributed by atoms with Gasteiger partial charge >= 0.3 is 0 Å². The Morgan fingerprint density at radius 3 is 1.17 bits per heavy atom. The summed E-state index contributed by atoms with van der Waals surface area (Å²) in [7, 11) is 0. The van der Waals surface area contributed by atoms with Gasteiger partial charge in [-0.25, -0.2) is 0 Å². The number of hydrogen-bond donors (Lipinski definition) is 0. The van der Waals surface area contributed by atoms with E-state index in [0.29, 0.717) is 0 Å². The monoisotopic (exact) mass is 380 g/mol. The molecule has 0 aliphatic carbocycles. The second-order valence-corrected chi connectivity index (χ2v) is 7.77. The van der Waals surface area contributed by atoms with Crippen molar-refractivity contribution in [1.82, 2.24) is 0 Å². The Bertz CT molecular complexity index is 1390. The molecule has 30 heavy (non-hydrogen) atoms. The van der Waals surface area contributed by atoms with Crippen molar-refractivity contribution in [3.05, 3.63) is 121 Å². The lowest BCUT2D eigenvalue weighted by Gasteiger charge is -2.14. The highest BCUT2D eigenvalue weighted by Crippen LogP contribution is 2.40. The van der Waals surface area contributed by atoms with Crippen molar-refractivity contribution >= 4 is 32.3 Å². The van der Waals surface area contributed by atoms with Gasteiger partial charge in [-0.2, -0.15) is 0 Å². The Hall–Kier alpha value is -3.90. The quantitative estimate of drug-likeness (QED) is 0.264. The lowest BCUT2D eigenvalue weighted by atomic mass is 9.89. The van der Waals surface area contributed by atoms with Gasteiger partial charge in [0.1, 0.15) is 0 Å². The van der Waals surface area contributed by atoms with E-state index in [-0.39, 0.29) is 0 Å². The van der Waals surface area contributed by atoms with Gasteiger partial charge in [0.05, 0.1) is 0 Å². The van der Waals surface area contributed by atoms with E-state index in [1.165, 1.54) is 54.6 Å². The molecule has 0 bridgehead atoms. The molecule has 0 unspecified atom stereocenters. The fourth-order valence-electron chi connectivity index (χ4n) is 4.70. The highest BCUT2D eigenvalue weighted by Gasteiger charge is 2.12. The van der Waals surface area contributed by atoms with Crippen molar-refractivity contribution in [1.29, 1.82) is 0 Å². The smallest absolute Gasteiger partial charge is 0.00266 e. The van der Waals surface area contributed by atoms with Gasteiger partial charge in [-0.3, -0.25) is 0 Å². The van der Waals surface area contributed by atoms with Gasteiger partial charge in [0.2, 0.25) is 0 Å². The maximum absolute atomic E-state index is 2.29. The van der Waals surface area contributed by atoms with Crippen LogP contribution in [0, 0.1) is 0 Å². The summed E-state index contributed by atoms with van der Waals surface area (Å²) in [6.07, 6.45) is 0. The molecule has 0 atom stereocenters. The molecule has 0 saturated carbocycles. The Labute approximate surface area is 176 Å².